The van der Waals surface area contributed by atoms with E-state index >= 15 is 0 Å². The van der Waals surface area contributed by atoms with Gasteiger partial charge in [0.25, 0.3) is 0 Å². The first-order chi connectivity index (χ1) is 21.9. The number of hydrogen-bond acceptors (Lipinski definition) is 4. The van der Waals surface area contributed by atoms with E-state index < -0.39 is 5.16 Å². The smallest absolute Gasteiger partial charge is 0.0967 e. The van der Waals surface area contributed by atoms with Crippen LogP contribution in [0.15, 0.2) is 61.4 Å². The number of nitrogens with zero attached hydrogens (tertiary/aromatic N) is 4. The summed E-state index contributed by atoms with van der Waals surface area (Å²) in [5, 5.41) is 0.373. The molecule has 5 atom stereocenters. The van der Waals surface area contributed by atoms with E-state index in [1.807, 2.05) is 24.8 Å². The third-order valence-corrected chi connectivity index (χ3v) is 18.9. The molecule has 46 heavy (non-hydrogen) atoms. The van der Waals surface area contributed by atoms with Crippen LogP contribution in [0.4, 0.5) is 0 Å². The molecule has 3 aromatic rings. The molecule has 8 fully saturated rings. The van der Waals surface area contributed by atoms with Gasteiger partial charge in [-0.25, -0.2) is 0 Å². The molecule has 8 aliphatic carbocycles. The molecule has 2 heterocycles. The molecule has 1 aromatic carbocycles. The monoisotopic (exact) mass is 650 g/mol. The van der Waals surface area contributed by atoms with Crippen molar-refractivity contribution in [3.05, 3.63) is 84.0 Å². The maximum absolute atomic E-state index is 4.92. The second kappa shape index (κ2) is 9.91. The first-order valence-corrected chi connectivity index (χ1v) is 20.1. The molecule has 0 aliphatic heterocycles. The van der Waals surface area contributed by atoms with E-state index in [4.69, 9.17) is 9.97 Å². The van der Waals surface area contributed by atoms with Gasteiger partial charge in [0, 0.05) is 24.8 Å². The lowest BCUT2D eigenvalue weighted by Crippen LogP contribution is -2.63. The zero-order valence-electron chi connectivity index (χ0n) is 28.4. The van der Waals surface area contributed by atoms with Crippen LogP contribution in [-0.4, -0.2) is 30.2 Å². The lowest BCUT2D eigenvalue weighted by atomic mass is 9.44. The fourth-order valence-electron chi connectivity index (χ4n) is 14.8. The van der Waals surface area contributed by atoms with Gasteiger partial charge in [-0.05, 0) is 138 Å². The first kappa shape index (κ1) is 30.3. The third-order valence-electron chi connectivity index (χ3n) is 14.0. The van der Waals surface area contributed by atoms with Crippen LogP contribution in [0.1, 0.15) is 127 Å². The second-order valence-corrected chi connectivity index (χ2v) is 22.9. The van der Waals surface area contributed by atoms with Gasteiger partial charge in [-0.15, -0.1) is 9.24 Å². The summed E-state index contributed by atoms with van der Waals surface area (Å²) < 4.78 is 0. The highest BCUT2D eigenvalue weighted by Gasteiger charge is 2.69. The summed E-state index contributed by atoms with van der Waals surface area (Å²) in [7, 11) is 2.91. The van der Waals surface area contributed by atoms with Crippen molar-refractivity contribution in [1.29, 1.82) is 0 Å². The number of aromatic nitrogens is 4. The van der Waals surface area contributed by atoms with Gasteiger partial charge in [0.05, 0.1) is 28.9 Å². The van der Waals surface area contributed by atoms with Crippen molar-refractivity contribution in [1.82, 2.24) is 19.9 Å². The van der Waals surface area contributed by atoms with E-state index in [-0.39, 0.29) is 7.92 Å². The largest absolute Gasteiger partial charge is 0.261 e. The van der Waals surface area contributed by atoms with E-state index in [1.54, 1.807) is 12.4 Å². The van der Waals surface area contributed by atoms with Crippen LogP contribution >= 0.6 is 17.2 Å². The van der Waals surface area contributed by atoms with E-state index in [0.717, 1.165) is 23.2 Å². The van der Waals surface area contributed by atoms with E-state index in [0.29, 0.717) is 32.0 Å². The maximum Gasteiger partial charge on any atom is 0.0967 e. The quantitative estimate of drug-likeness (QED) is 0.239. The van der Waals surface area contributed by atoms with Gasteiger partial charge in [-0.3, -0.25) is 19.9 Å². The van der Waals surface area contributed by atoms with E-state index in [2.05, 4.69) is 71.2 Å². The Morgan fingerprint density at radius 3 is 1.52 bits per heavy atom. The summed E-state index contributed by atoms with van der Waals surface area (Å²) in [5.74, 6) is 1.85. The van der Waals surface area contributed by atoms with Crippen molar-refractivity contribution in [2.45, 2.75) is 126 Å². The van der Waals surface area contributed by atoms with Crippen LogP contribution in [0, 0.1) is 33.5 Å². The minimum Gasteiger partial charge on any atom is -0.261 e. The van der Waals surface area contributed by atoms with Crippen LogP contribution in [0.25, 0.3) is 0 Å². The van der Waals surface area contributed by atoms with Gasteiger partial charge < -0.3 is 0 Å². The van der Waals surface area contributed by atoms with Gasteiger partial charge in [0.2, 0.25) is 0 Å². The molecule has 242 valence electrons. The molecule has 0 saturated heterocycles. The standard InChI is InChI=1S/C40H52N4P2/c1-34-13-28-14-35(2,22-34)25-38(17-28,24-34)46(39-18-29-15-36(3,26-39)23-37(4,16-29)27-39)21-30-7-5-6-8-31(30)40(45,32-19-41-9-11-43-32)33-20-42-10-12-44-33/h5-12,19-20,28-29H,13-18,21-27,45H2,1-4H3. The van der Waals surface area contributed by atoms with Crippen molar-refractivity contribution in [2.24, 2.45) is 33.5 Å². The Labute approximate surface area is 280 Å². The summed E-state index contributed by atoms with van der Waals surface area (Å²) >= 11 is 0. The first-order valence-electron chi connectivity index (χ1n) is 18.0. The van der Waals surface area contributed by atoms with Gasteiger partial charge >= 0.3 is 0 Å². The second-order valence-electron chi connectivity index (χ2n) is 18.9. The van der Waals surface area contributed by atoms with E-state index in [1.165, 1.54) is 94.3 Å². The predicted molar refractivity (Wildman–Crippen MR) is 191 cm³/mol. The molecular weight excluding hydrogens is 598 g/mol. The molecule has 8 bridgehead atoms. The number of rotatable bonds is 7. The molecule has 0 N–H and O–H groups in total. The fraction of sp³-hybridized carbons (Fsp3) is 0.650. The Balaban J connectivity index is 1.22. The van der Waals surface area contributed by atoms with Crippen LogP contribution in [0.5, 0.6) is 0 Å². The minimum atomic E-state index is -0.612. The van der Waals surface area contributed by atoms with Crippen molar-refractivity contribution in [2.75, 3.05) is 0 Å². The molecule has 2 aromatic heterocycles. The minimum absolute atomic E-state index is 0.295. The van der Waals surface area contributed by atoms with Crippen LogP contribution in [0.3, 0.4) is 0 Å². The Hall–Kier alpha value is -1.76. The Morgan fingerprint density at radius 1 is 0.652 bits per heavy atom. The zero-order valence-corrected chi connectivity index (χ0v) is 30.5. The predicted octanol–water partition coefficient (Wildman–Crippen LogP) is 9.91. The van der Waals surface area contributed by atoms with Gasteiger partial charge in [-0.1, -0.05) is 59.9 Å². The molecule has 11 rings (SSSR count). The topological polar surface area (TPSA) is 51.6 Å². The Bertz CT molecular complexity index is 1530. The normalized spacial score (nSPS) is 42.8. The van der Waals surface area contributed by atoms with Gasteiger partial charge in [0.1, 0.15) is 0 Å². The fourth-order valence-corrected chi connectivity index (χ4v) is 21.0. The molecule has 0 radical (unpaired) electrons. The third kappa shape index (κ3) is 4.58. The van der Waals surface area contributed by atoms with Crippen LogP contribution in [0.2, 0.25) is 0 Å². The van der Waals surface area contributed by atoms with Crippen molar-refractivity contribution < 1.29 is 0 Å². The zero-order chi connectivity index (χ0) is 31.6. The summed E-state index contributed by atoms with van der Waals surface area (Å²) in [5.41, 5.74) is 6.75. The molecule has 8 aliphatic rings. The summed E-state index contributed by atoms with van der Waals surface area (Å²) in [4.78, 5) is 19.0. The summed E-state index contributed by atoms with van der Waals surface area (Å²) in [6.07, 6.45) is 30.0. The van der Waals surface area contributed by atoms with Gasteiger partial charge in [0.15, 0.2) is 0 Å². The number of hydrogen-bond donors (Lipinski definition) is 0. The van der Waals surface area contributed by atoms with Crippen LogP contribution < -0.4 is 0 Å². The molecule has 0 amide bonds. The molecular formula is C40H52N4P2. The summed E-state index contributed by atoms with van der Waals surface area (Å²) in [6.45, 7) is 10.8. The lowest BCUT2D eigenvalue weighted by molar-refractivity contribution is -0.0922. The van der Waals surface area contributed by atoms with Crippen LogP contribution in [-0.2, 0) is 11.3 Å². The summed E-state index contributed by atoms with van der Waals surface area (Å²) in [6, 6.07) is 9.37. The average Bonchev–Trinajstić information content (AvgIpc) is 2.97. The maximum atomic E-state index is 4.92. The highest BCUT2D eigenvalue weighted by molar-refractivity contribution is 7.60. The Morgan fingerprint density at radius 2 is 1.11 bits per heavy atom. The van der Waals surface area contributed by atoms with Crippen molar-refractivity contribution >= 4 is 17.2 Å². The highest BCUT2D eigenvalue weighted by Crippen LogP contribution is 2.84. The van der Waals surface area contributed by atoms with E-state index in [9.17, 15) is 0 Å². The molecule has 4 nitrogen and oxygen atoms in total. The van der Waals surface area contributed by atoms with Crippen molar-refractivity contribution in [3.63, 3.8) is 0 Å². The van der Waals surface area contributed by atoms with Gasteiger partial charge in [-0.2, -0.15) is 0 Å². The van der Waals surface area contributed by atoms with Crippen molar-refractivity contribution in [3.8, 4) is 0 Å². The Kier molecular flexibility index (Phi) is 6.53. The molecule has 8 saturated carbocycles. The molecule has 6 heteroatoms. The number of benzene rings is 1. The highest BCUT2D eigenvalue weighted by atomic mass is 31.1. The SMILES string of the molecule is CC12CC3CC(C)(C1)CC(P(Cc1ccccc1C(P)(c1cnccn1)c1cnccn1)C14CC5CC(C)(CC(C)(C5)C1)C4)(C3)C2. The average molecular weight is 651 g/mol. The lowest BCUT2D eigenvalue weighted by Gasteiger charge is -2.73. The molecule has 0 spiro atoms. The molecule has 5 unspecified atom stereocenters.